The molecule has 0 saturated heterocycles. The molecule has 7 heteroatoms. The van der Waals surface area contributed by atoms with Crippen molar-refractivity contribution in [2.75, 3.05) is 6.54 Å². The van der Waals surface area contributed by atoms with E-state index < -0.39 is 0 Å². The molecule has 0 radical (unpaired) electrons. The van der Waals surface area contributed by atoms with E-state index in [9.17, 15) is 4.79 Å². The van der Waals surface area contributed by atoms with Gasteiger partial charge in [-0.2, -0.15) is 12.0 Å². The minimum Gasteiger partial charge on any atom is -0.381 e. The van der Waals surface area contributed by atoms with Crippen LogP contribution in [-0.2, 0) is 33.9 Å². The number of nitrogens with one attached hydrogen (secondary N) is 2. The van der Waals surface area contributed by atoms with E-state index in [0.29, 0.717) is 12.2 Å². The molecule has 0 saturated carbocycles. The third kappa shape index (κ3) is 3.38. The van der Waals surface area contributed by atoms with Gasteiger partial charge in [-0.25, -0.2) is 9.97 Å². The Balaban J connectivity index is 0.000000706. The van der Waals surface area contributed by atoms with Crippen LogP contribution in [0.5, 0.6) is 0 Å². The summed E-state index contributed by atoms with van der Waals surface area (Å²) in [5, 5.41) is 9.66. The van der Waals surface area contributed by atoms with Crippen molar-refractivity contribution in [1.29, 1.82) is 0 Å². The first-order valence-corrected chi connectivity index (χ1v) is 6.46. The van der Waals surface area contributed by atoms with Crippen LogP contribution < -0.4 is 5.32 Å². The molecule has 3 rings (SSSR count). The number of aromatic nitrogens is 4. The Morgan fingerprint density at radius 3 is 2.90 bits per heavy atom. The molecule has 0 fully saturated rings. The van der Waals surface area contributed by atoms with E-state index in [1.807, 2.05) is 0 Å². The number of H-pyrrole nitrogens is 1. The topological polar surface area (TPSA) is 83.6 Å². The van der Waals surface area contributed by atoms with E-state index in [-0.39, 0.29) is 27.0 Å². The van der Waals surface area contributed by atoms with Gasteiger partial charge in [0.05, 0.1) is 11.3 Å². The molecule has 2 aromatic heterocycles. The predicted molar refractivity (Wildman–Crippen MR) is 75.7 cm³/mol. The van der Waals surface area contributed by atoms with Crippen LogP contribution in [0.1, 0.15) is 28.7 Å². The van der Waals surface area contributed by atoms with E-state index in [1.54, 1.807) is 13.1 Å². The standard InChI is InChI=1S/C12H12N5O.C2H5.W/c1-2-14-12(18)11-9-8(16-17-11)4-3-7-5-13-6-15-10(7)9;1-2;/h5-6H,1-4H2,(H,14,18)(H,16,17);1H2,2H3;/q2*-1;+2. The van der Waals surface area contributed by atoms with E-state index in [0.717, 1.165) is 35.4 Å². The van der Waals surface area contributed by atoms with Gasteiger partial charge in [0, 0.05) is 11.9 Å². The second-order valence-corrected chi connectivity index (χ2v) is 4.08. The van der Waals surface area contributed by atoms with E-state index in [4.69, 9.17) is 0 Å². The SMILES string of the molecule is [CH2-]C.[CH2-]CNC(=O)c1n[nH]c2c1-c1ncncc1CC2.[W+2]. The Kier molecular flexibility index (Phi) is 6.69. The van der Waals surface area contributed by atoms with Crippen LogP contribution in [0.15, 0.2) is 12.5 Å². The number of carbonyl (C=O) groups is 1. The predicted octanol–water partition coefficient (Wildman–Crippen LogP) is 1.37. The number of nitrogens with zero attached hydrogens (tertiary/aromatic N) is 3. The first-order valence-electron chi connectivity index (χ1n) is 6.46. The second kappa shape index (κ2) is 8.03. The van der Waals surface area contributed by atoms with Crippen molar-refractivity contribution < 1.29 is 25.9 Å². The van der Waals surface area contributed by atoms with Crippen LogP contribution in [0.4, 0.5) is 0 Å². The molecule has 0 unspecified atom stereocenters. The summed E-state index contributed by atoms with van der Waals surface area (Å²) in [5.74, 6) is -0.228. The molecule has 2 aromatic rings. The number of fused-ring (bicyclic) bond motifs is 3. The maximum Gasteiger partial charge on any atom is 2.00 e. The fourth-order valence-corrected chi connectivity index (χ4v) is 2.20. The number of amides is 1. The Labute approximate surface area is 138 Å². The Morgan fingerprint density at radius 1 is 1.43 bits per heavy atom. The molecular weight excluding hydrogens is 438 g/mol. The Hall–Kier alpha value is -1.55. The summed E-state index contributed by atoms with van der Waals surface area (Å²) >= 11 is 0. The minimum atomic E-state index is -0.228. The fraction of sp³-hybridized carbons (Fsp3) is 0.286. The van der Waals surface area contributed by atoms with Gasteiger partial charge in [0.15, 0.2) is 5.69 Å². The van der Waals surface area contributed by atoms with Gasteiger partial charge >= 0.3 is 21.1 Å². The average molecular weight is 455 g/mol. The maximum atomic E-state index is 11.9. The zero-order chi connectivity index (χ0) is 14.5. The summed E-state index contributed by atoms with van der Waals surface area (Å²) in [6.45, 7) is 8.93. The molecule has 21 heavy (non-hydrogen) atoms. The molecular formula is C14H17N5OW. The van der Waals surface area contributed by atoms with Crippen LogP contribution >= 0.6 is 0 Å². The monoisotopic (exact) mass is 455 g/mol. The minimum absolute atomic E-state index is 0. The van der Waals surface area contributed by atoms with Crippen molar-refractivity contribution in [3.05, 3.63) is 43.3 Å². The van der Waals surface area contributed by atoms with Gasteiger partial charge in [0.2, 0.25) is 0 Å². The van der Waals surface area contributed by atoms with Crippen LogP contribution in [0, 0.1) is 13.8 Å². The van der Waals surface area contributed by atoms with Crippen LogP contribution in [0.25, 0.3) is 11.3 Å². The van der Waals surface area contributed by atoms with Gasteiger partial charge in [0.1, 0.15) is 6.33 Å². The third-order valence-corrected chi connectivity index (χ3v) is 3.01. The summed E-state index contributed by atoms with van der Waals surface area (Å²) in [4.78, 5) is 20.2. The third-order valence-electron chi connectivity index (χ3n) is 3.01. The van der Waals surface area contributed by atoms with Crippen molar-refractivity contribution >= 4 is 5.91 Å². The molecule has 1 aliphatic carbocycles. The Bertz CT molecular complexity index is 611. The van der Waals surface area contributed by atoms with E-state index >= 15 is 0 Å². The normalized spacial score (nSPS) is 11.2. The van der Waals surface area contributed by atoms with Crippen molar-refractivity contribution in [3.8, 4) is 11.3 Å². The molecule has 0 aliphatic heterocycles. The van der Waals surface area contributed by atoms with E-state index in [2.05, 4.69) is 39.3 Å². The molecule has 0 aromatic carbocycles. The quantitative estimate of drug-likeness (QED) is 0.671. The largest absolute Gasteiger partial charge is 2.00 e. The van der Waals surface area contributed by atoms with Crippen LogP contribution in [0.3, 0.4) is 0 Å². The van der Waals surface area contributed by atoms with Gasteiger partial charge in [0.25, 0.3) is 5.91 Å². The molecule has 2 N–H and O–H groups in total. The Morgan fingerprint density at radius 2 is 2.19 bits per heavy atom. The number of hydrogen-bond donors (Lipinski definition) is 2. The van der Waals surface area contributed by atoms with Crippen LogP contribution in [-0.4, -0.2) is 32.6 Å². The summed E-state index contributed by atoms with van der Waals surface area (Å²) in [6, 6.07) is 0. The van der Waals surface area contributed by atoms with Gasteiger partial charge < -0.3 is 19.2 Å². The molecule has 6 nitrogen and oxygen atoms in total. The van der Waals surface area contributed by atoms with Crippen molar-refractivity contribution in [2.45, 2.75) is 19.8 Å². The summed E-state index contributed by atoms with van der Waals surface area (Å²) in [6.07, 6.45) is 4.97. The van der Waals surface area contributed by atoms with Crippen LogP contribution in [0.2, 0.25) is 0 Å². The summed E-state index contributed by atoms with van der Waals surface area (Å²) < 4.78 is 0. The molecule has 0 bridgehead atoms. The first-order chi connectivity index (χ1) is 9.81. The summed E-state index contributed by atoms with van der Waals surface area (Å²) in [7, 11) is 0. The summed E-state index contributed by atoms with van der Waals surface area (Å²) in [5.41, 5.74) is 3.98. The second-order valence-electron chi connectivity index (χ2n) is 4.08. The first kappa shape index (κ1) is 17.5. The van der Waals surface area contributed by atoms with Crippen molar-refractivity contribution in [2.24, 2.45) is 0 Å². The molecule has 2 heterocycles. The molecule has 0 atom stereocenters. The number of hydrogen-bond acceptors (Lipinski definition) is 4. The average Bonchev–Trinajstić information content (AvgIpc) is 2.94. The van der Waals surface area contributed by atoms with Gasteiger partial charge in [-0.3, -0.25) is 9.89 Å². The molecule has 0 spiro atoms. The zero-order valence-corrected chi connectivity index (χ0v) is 14.8. The maximum absolute atomic E-state index is 11.9. The van der Waals surface area contributed by atoms with Gasteiger partial charge in [-0.1, -0.05) is 0 Å². The van der Waals surface area contributed by atoms with Crippen molar-refractivity contribution in [1.82, 2.24) is 25.5 Å². The fourth-order valence-electron chi connectivity index (χ4n) is 2.20. The molecule has 1 amide bonds. The van der Waals surface area contributed by atoms with Gasteiger partial charge in [-0.15, -0.1) is 6.54 Å². The molecule has 1 aliphatic rings. The zero-order valence-electron chi connectivity index (χ0n) is 11.8. The van der Waals surface area contributed by atoms with Crippen molar-refractivity contribution in [3.63, 3.8) is 0 Å². The molecule has 110 valence electrons. The smallest absolute Gasteiger partial charge is 0.381 e. The number of aromatic amines is 1. The number of aryl methyl sites for hydroxylation is 2. The number of carbonyl (C=O) groups excluding carboxylic acids is 1. The number of rotatable bonds is 2. The van der Waals surface area contributed by atoms with Gasteiger partial charge in [-0.05, 0) is 18.4 Å². The van der Waals surface area contributed by atoms with E-state index in [1.165, 1.54) is 6.33 Å².